The second kappa shape index (κ2) is 8.55. The molecular weight excluding hydrogens is 379 g/mol. The van der Waals surface area contributed by atoms with Crippen LogP contribution < -0.4 is 16.4 Å². The molecule has 0 saturated carbocycles. The number of amides is 4. The highest BCUT2D eigenvalue weighted by molar-refractivity contribution is 6.42. The van der Waals surface area contributed by atoms with Gasteiger partial charge in [0.05, 0.1) is 16.6 Å². The lowest BCUT2D eigenvalue weighted by Crippen LogP contribution is -2.34. The van der Waals surface area contributed by atoms with E-state index in [0.717, 1.165) is 0 Å². The summed E-state index contributed by atoms with van der Waals surface area (Å²) < 4.78 is 0. The molecule has 0 unspecified atom stereocenters. The molecule has 0 heterocycles. The number of anilines is 2. The van der Waals surface area contributed by atoms with Crippen molar-refractivity contribution in [3.63, 3.8) is 0 Å². The van der Waals surface area contributed by atoms with E-state index in [2.05, 4.69) is 10.6 Å². The van der Waals surface area contributed by atoms with Gasteiger partial charge in [-0.25, -0.2) is 4.79 Å². The van der Waals surface area contributed by atoms with E-state index in [0.29, 0.717) is 27.0 Å². The van der Waals surface area contributed by atoms with Gasteiger partial charge in [-0.15, -0.1) is 0 Å². The number of rotatable bonds is 5. The fourth-order valence-corrected chi connectivity index (χ4v) is 2.42. The summed E-state index contributed by atoms with van der Waals surface area (Å²) in [6, 6.07) is 10.1. The van der Waals surface area contributed by atoms with Gasteiger partial charge in [-0.3, -0.25) is 9.59 Å². The minimum absolute atomic E-state index is 0.152. The monoisotopic (exact) mass is 394 g/mol. The quantitative estimate of drug-likeness (QED) is 0.724. The van der Waals surface area contributed by atoms with E-state index < -0.39 is 6.03 Å². The average Bonchev–Trinajstić information content (AvgIpc) is 2.57. The summed E-state index contributed by atoms with van der Waals surface area (Å²) in [7, 11) is 1.51. The minimum Gasteiger partial charge on any atom is -0.351 e. The third kappa shape index (κ3) is 5.37. The van der Waals surface area contributed by atoms with Crippen LogP contribution >= 0.6 is 23.2 Å². The van der Waals surface area contributed by atoms with Gasteiger partial charge in [-0.1, -0.05) is 23.2 Å². The number of halogens is 2. The van der Waals surface area contributed by atoms with Gasteiger partial charge in [0.25, 0.3) is 5.91 Å². The van der Waals surface area contributed by atoms with Crippen molar-refractivity contribution >= 4 is 52.4 Å². The molecule has 2 rings (SSSR count). The van der Waals surface area contributed by atoms with Crippen LogP contribution in [0.4, 0.5) is 16.2 Å². The lowest BCUT2D eigenvalue weighted by molar-refractivity contribution is -0.116. The van der Waals surface area contributed by atoms with Crippen LogP contribution in [0.1, 0.15) is 10.4 Å². The van der Waals surface area contributed by atoms with Crippen molar-refractivity contribution in [2.24, 2.45) is 5.73 Å². The summed E-state index contributed by atoms with van der Waals surface area (Å²) in [6.45, 7) is -0.152. The van der Waals surface area contributed by atoms with Crippen molar-refractivity contribution < 1.29 is 14.4 Å². The zero-order chi connectivity index (χ0) is 19.3. The van der Waals surface area contributed by atoms with Gasteiger partial charge in [0.1, 0.15) is 0 Å². The number of carbonyl (C=O) groups excluding carboxylic acids is 3. The molecule has 4 N–H and O–H groups in total. The summed E-state index contributed by atoms with van der Waals surface area (Å²) in [5.41, 5.74) is 6.33. The van der Waals surface area contributed by atoms with Crippen LogP contribution in [0.25, 0.3) is 0 Å². The molecule has 4 amide bonds. The number of urea groups is 1. The molecule has 0 spiro atoms. The predicted octanol–water partition coefficient (Wildman–Crippen LogP) is 3.19. The molecule has 136 valence electrons. The molecule has 0 radical (unpaired) electrons. The van der Waals surface area contributed by atoms with E-state index in [1.165, 1.54) is 30.1 Å². The van der Waals surface area contributed by atoms with Crippen molar-refractivity contribution in [3.05, 3.63) is 58.1 Å². The Morgan fingerprint density at radius 3 is 2.15 bits per heavy atom. The Bertz CT molecular complexity index is 840. The van der Waals surface area contributed by atoms with Gasteiger partial charge < -0.3 is 21.3 Å². The van der Waals surface area contributed by atoms with Crippen molar-refractivity contribution in [2.75, 3.05) is 24.2 Å². The lowest BCUT2D eigenvalue weighted by atomic mass is 10.2. The van der Waals surface area contributed by atoms with E-state index >= 15 is 0 Å². The van der Waals surface area contributed by atoms with E-state index in [-0.39, 0.29) is 18.4 Å². The van der Waals surface area contributed by atoms with Crippen LogP contribution in [0.3, 0.4) is 0 Å². The van der Waals surface area contributed by atoms with Gasteiger partial charge in [-0.2, -0.15) is 0 Å². The summed E-state index contributed by atoms with van der Waals surface area (Å²) in [5.74, 6) is -0.730. The second-order valence-corrected chi connectivity index (χ2v) is 6.22. The molecule has 7 nitrogen and oxygen atoms in total. The predicted molar refractivity (Wildman–Crippen MR) is 102 cm³/mol. The standard InChI is InChI=1S/C17H16Cl2N4O3/c1-23(9-15(24)21-12-6-7-13(18)14(19)8-12)16(25)10-2-4-11(5-3-10)22-17(20)26/h2-8H,9H2,1H3,(H,21,24)(H3,20,22,26). The smallest absolute Gasteiger partial charge is 0.316 e. The summed E-state index contributed by atoms with van der Waals surface area (Å²) in [5, 5.41) is 5.74. The molecule has 26 heavy (non-hydrogen) atoms. The van der Waals surface area contributed by atoms with Crippen LogP contribution in [-0.2, 0) is 4.79 Å². The van der Waals surface area contributed by atoms with Crippen LogP contribution in [0, 0.1) is 0 Å². The number of nitrogens with two attached hydrogens (primary N) is 1. The molecule has 0 aliphatic carbocycles. The minimum atomic E-state index is -0.694. The van der Waals surface area contributed by atoms with E-state index in [1.807, 2.05) is 0 Å². The molecule has 2 aromatic rings. The molecule has 0 bridgehead atoms. The first-order valence-corrected chi connectivity index (χ1v) is 8.18. The first kappa shape index (κ1) is 19.6. The van der Waals surface area contributed by atoms with Crippen LogP contribution in [0.5, 0.6) is 0 Å². The van der Waals surface area contributed by atoms with Gasteiger partial charge in [0.15, 0.2) is 0 Å². The maximum atomic E-state index is 12.4. The molecule has 9 heteroatoms. The number of carbonyl (C=O) groups is 3. The third-order valence-electron chi connectivity index (χ3n) is 3.33. The summed E-state index contributed by atoms with van der Waals surface area (Å²) in [6.07, 6.45) is 0. The fourth-order valence-electron chi connectivity index (χ4n) is 2.12. The first-order valence-electron chi connectivity index (χ1n) is 7.43. The Balaban J connectivity index is 1.96. The van der Waals surface area contributed by atoms with Crippen molar-refractivity contribution in [2.45, 2.75) is 0 Å². The highest BCUT2D eigenvalue weighted by Gasteiger charge is 2.15. The van der Waals surface area contributed by atoms with E-state index in [1.54, 1.807) is 24.3 Å². The molecule has 0 aliphatic rings. The maximum Gasteiger partial charge on any atom is 0.316 e. The normalized spacial score (nSPS) is 10.1. The first-order chi connectivity index (χ1) is 12.3. The Kier molecular flexibility index (Phi) is 6.43. The van der Waals surface area contributed by atoms with Crippen LogP contribution in [0.2, 0.25) is 10.0 Å². The summed E-state index contributed by atoms with van der Waals surface area (Å²) in [4.78, 5) is 36.5. The Labute approximate surface area is 160 Å². The molecule has 0 aromatic heterocycles. The highest BCUT2D eigenvalue weighted by Crippen LogP contribution is 2.25. The van der Waals surface area contributed by atoms with Gasteiger partial charge >= 0.3 is 6.03 Å². The lowest BCUT2D eigenvalue weighted by Gasteiger charge is -2.17. The Morgan fingerprint density at radius 2 is 1.58 bits per heavy atom. The molecule has 0 fully saturated rings. The molecule has 0 aliphatic heterocycles. The largest absolute Gasteiger partial charge is 0.351 e. The van der Waals surface area contributed by atoms with Crippen molar-refractivity contribution in [1.82, 2.24) is 4.90 Å². The van der Waals surface area contributed by atoms with Gasteiger partial charge in [0.2, 0.25) is 5.91 Å². The number of nitrogens with zero attached hydrogens (tertiary/aromatic N) is 1. The van der Waals surface area contributed by atoms with Crippen molar-refractivity contribution in [3.8, 4) is 0 Å². The molecule has 0 atom stereocenters. The Morgan fingerprint density at radius 1 is 0.962 bits per heavy atom. The van der Waals surface area contributed by atoms with E-state index in [4.69, 9.17) is 28.9 Å². The number of primary amides is 1. The second-order valence-electron chi connectivity index (χ2n) is 5.40. The van der Waals surface area contributed by atoms with E-state index in [9.17, 15) is 14.4 Å². The number of nitrogens with one attached hydrogen (secondary N) is 2. The van der Waals surface area contributed by atoms with Gasteiger partial charge in [-0.05, 0) is 42.5 Å². The fraction of sp³-hybridized carbons (Fsp3) is 0.118. The number of benzene rings is 2. The maximum absolute atomic E-state index is 12.4. The summed E-state index contributed by atoms with van der Waals surface area (Å²) >= 11 is 11.7. The topological polar surface area (TPSA) is 105 Å². The number of hydrogen-bond acceptors (Lipinski definition) is 3. The average molecular weight is 395 g/mol. The molecule has 2 aromatic carbocycles. The molecule has 0 saturated heterocycles. The zero-order valence-electron chi connectivity index (χ0n) is 13.8. The van der Waals surface area contributed by atoms with Crippen molar-refractivity contribution in [1.29, 1.82) is 0 Å². The number of likely N-dealkylation sites (N-methyl/N-ethyl adjacent to an activating group) is 1. The zero-order valence-corrected chi connectivity index (χ0v) is 15.3. The highest BCUT2D eigenvalue weighted by atomic mass is 35.5. The van der Waals surface area contributed by atoms with Gasteiger partial charge in [0, 0.05) is 24.0 Å². The van der Waals surface area contributed by atoms with Crippen LogP contribution in [0.15, 0.2) is 42.5 Å². The van der Waals surface area contributed by atoms with Crippen LogP contribution in [-0.4, -0.2) is 36.3 Å². The Hall–Kier alpha value is -2.77. The SMILES string of the molecule is CN(CC(=O)Nc1ccc(Cl)c(Cl)c1)C(=O)c1ccc(NC(N)=O)cc1. The third-order valence-corrected chi connectivity index (χ3v) is 4.07. The molecular formula is C17H16Cl2N4O3. The number of hydrogen-bond donors (Lipinski definition) is 3.